The van der Waals surface area contributed by atoms with Gasteiger partial charge in [0.25, 0.3) is 0 Å². The van der Waals surface area contributed by atoms with Crippen LogP contribution in [0.3, 0.4) is 0 Å². The van der Waals surface area contributed by atoms with Crippen molar-refractivity contribution in [1.82, 2.24) is 0 Å². The summed E-state index contributed by atoms with van der Waals surface area (Å²) in [5.74, 6) is 0. The number of hydrogen-bond acceptors (Lipinski definition) is 1. The predicted octanol–water partition coefficient (Wildman–Crippen LogP) is 13.2. The van der Waals surface area contributed by atoms with Crippen LogP contribution in [0.15, 0.2) is 174 Å². The highest BCUT2D eigenvalue weighted by Gasteiger charge is 2.20. The first-order valence-electron chi connectivity index (χ1n) is 16.2. The van der Waals surface area contributed by atoms with E-state index in [-0.39, 0.29) is 0 Å². The quantitative estimate of drug-likeness (QED) is 0.185. The topological polar surface area (TPSA) is 13.1 Å². The third-order valence-corrected chi connectivity index (χ3v) is 9.80. The maximum absolute atomic E-state index is 6.39. The molecule has 0 aliphatic heterocycles. The summed E-state index contributed by atoms with van der Waals surface area (Å²) in [7, 11) is 0. The number of hydrogen-bond donors (Lipinski definition) is 0. The lowest BCUT2D eigenvalue weighted by molar-refractivity contribution is 0.669. The van der Waals surface area contributed by atoms with Gasteiger partial charge in [0.1, 0.15) is 11.2 Å². The Morgan fingerprint density at radius 1 is 0.277 bits per heavy atom. The summed E-state index contributed by atoms with van der Waals surface area (Å²) in [5, 5.41) is 12.2. The van der Waals surface area contributed by atoms with Gasteiger partial charge in [0.15, 0.2) is 0 Å². The average molecular weight is 597 g/mol. The zero-order valence-corrected chi connectivity index (χ0v) is 25.6. The van der Waals surface area contributed by atoms with Crippen molar-refractivity contribution in [3.8, 4) is 33.4 Å². The van der Waals surface area contributed by atoms with Crippen LogP contribution < -0.4 is 0 Å². The Kier molecular flexibility index (Phi) is 5.64. The smallest absolute Gasteiger partial charge is 0.136 e. The molecule has 218 valence electrons. The molecule has 0 unspecified atom stereocenters. The lowest BCUT2D eigenvalue weighted by atomic mass is 9.83. The van der Waals surface area contributed by atoms with Crippen LogP contribution in [0, 0.1) is 0 Å². The van der Waals surface area contributed by atoms with Gasteiger partial charge in [-0.2, -0.15) is 0 Å². The van der Waals surface area contributed by atoms with Crippen LogP contribution in [-0.2, 0) is 0 Å². The summed E-state index contributed by atoms with van der Waals surface area (Å²) in [6, 6.07) is 61.7. The van der Waals surface area contributed by atoms with Crippen LogP contribution in [-0.4, -0.2) is 0 Å². The maximum Gasteiger partial charge on any atom is 0.136 e. The van der Waals surface area contributed by atoms with Gasteiger partial charge >= 0.3 is 0 Å². The lowest BCUT2D eigenvalue weighted by Gasteiger charge is -2.19. The first-order chi connectivity index (χ1) is 23.3. The first kappa shape index (κ1) is 26.1. The standard InChI is InChI=1S/C46H28O/c1-2-12-29(13-3-1)34-24-32-16-6-7-17-35(32)42(27-34)46-38-20-10-8-18-36(38)45(37-19-9-11-21-39(37)46)33-22-23-43-40(26-33)41-25-30-14-4-5-15-31(30)28-44(41)47-43/h1-28H. The van der Waals surface area contributed by atoms with E-state index in [2.05, 4.69) is 170 Å². The molecule has 0 amide bonds. The van der Waals surface area contributed by atoms with Crippen LogP contribution in [0.25, 0.3) is 98.4 Å². The van der Waals surface area contributed by atoms with E-state index in [0.29, 0.717) is 0 Å². The van der Waals surface area contributed by atoms with Crippen molar-refractivity contribution < 1.29 is 4.42 Å². The number of rotatable bonds is 3. The van der Waals surface area contributed by atoms with Gasteiger partial charge in [-0.25, -0.2) is 0 Å². The zero-order valence-electron chi connectivity index (χ0n) is 25.6. The molecule has 0 aliphatic rings. The highest BCUT2D eigenvalue weighted by molar-refractivity contribution is 6.24. The minimum atomic E-state index is 0.911. The van der Waals surface area contributed by atoms with Crippen molar-refractivity contribution in [2.24, 2.45) is 0 Å². The molecular weight excluding hydrogens is 569 g/mol. The van der Waals surface area contributed by atoms with Gasteiger partial charge in [-0.1, -0.05) is 133 Å². The van der Waals surface area contributed by atoms with E-state index in [4.69, 9.17) is 4.42 Å². The summed E-state index contributed by atoms with van der Waals surface area (Å²) in [6.07, 6.45) is 0. The molecule has 0 saturated carbocycles. The van der Waals surface area contributed by atoms with E-state index >= 15 is 0 Å². The number of fused-ring (bicyclic) bond motifs is 7. The van der Waals surface area contributed by atoms with Gasteiger partial charge < -0.3 is 4.42 Å². The highest BCUT2D eigenvalue weighted by atomic mass is 16.3. The molecule has 1 heterocycles. The molecule has 9 aromatic carbocycles. The number of benzene rings is 9. The van der Waals surface area contributed by atoms with Crippen molar-refractivity contribution in [3.05, 3.63) is 170 Å². The highest BCUT2D eigenvalue weighted by Crippen LogP contribution is 2.47. The second-order valence-electron chi connectivity index (χ2n) is 12.5. The maximum atomic E-state index is 6.39. The van der Waals surface area contributed by atoms with Crippen LogP contribution >= 0.6 is 0 Å². The first-order valence-corrected chi connectivity index (χ1v) is 16.2. The minimum absolute atomic E-state index is 0.911. The van der Waals surface area contributed by atoms with Gasteiger partial charge in [-0.05, 0) is 113 Å². The molecule has 0 N–H and O–H groups in total. The van der Waals surface area contributed by atoms with Crippen LogP contribution in [0.1, 0.15) is 0 Å². The monoisotopic (exact) mass is 596 g/mol. The molecule has 1 nitrogen and oxygen atoms in total. The van der Waals surface area contributed by atoms with Crippen LogP contribution in [0.4, 0.5) is 0 Å². The van der Waals surface area contributed by atoms with Crippen molar-refractivity contribution >= 4 is 65.0 Å². The second kappa shape index (κ2) is 10.2. The van der Waals surface area contributed by atoms with E-state index < -0.39 is 0 Å². The molecule has 0 bridgehead atoms. The van der Waals surface area contributed by atoms with Crippen molar-refractivity contribution in [3.63, 3.8) is 0 Å². The molecule has 47 heavy (non-hydrogen) atoms. The fourth-order valence-corrected chi connectivity index (χ4v) is 7.66. The molecule has 10 aromatic rings. The molecule has 0 aliphatic carbocycles. The van der Waals surface area contributed by atoms with Crippen LogP contribution in [0.5, 0.6) is 0 Å². The third-order valence-electron chi connectivity index (χ3n) is 9.80. The van der Waals surface area contributed by atoms with Gasteiger partial charge in [0.2, 0.25) is 0 Å². The molecular formula is C46H28O. The van der Waals surface area contributed by atoms with Gasteiger partial charge in [0, 0.05) is 10.8 Å². The van der Waals surface area contributed by atoms with E-state index in [1.807, 2.05) is 0 Å². The Bertz CT molecular complexity index is 2780. The van der Waals surface area contributed by atoms with E-state index in [0.717, 1.165) is 21.9 Å². The Labute approximate surface area is 271 Å². The second-order valence-corrected chi connectivity index (χ2v) is 12.5. The molecule has 10 rings (SSSR count). The summed E-state index contributed by atoms with van der Waals surface area (Å²) in [4.78, 5) is 0. The van der Waals surface area contributed by atoms with E-state index in [9.17, 15) is 0 Å². The fraction of sp³-hybridized carbons (Fsp3) is 0. The fourth-order valence-electron chi connectivity index (χ4n) is 7.66. The molecule has 1 heteroatoms. The Morgan fingerprint density at radius 3 is 1.53 bits per heavy atom. The van der Waals surface area contributed by atoms with Gasteiger partial charge in [-0.3, -0.25) is 0 Å². The SMILES string of the molecule is c1ccc(-c2cc(-c3c4ccccc4c(-c4ccc5oc6cc7ccccc7cc6c5c4)c4ccccc34)c3ccccc3c2)cc1. The average Bonchev–Trinajstić information content (AvgIpc) is 3.49. The molecule has 0 saturated heterocycles. The molecule has 0 radical (unpaired) electrons. The van der Waals surface area contributed by atoms with Gasteiger partial charge in [-0.15, -0.1) is 0 Å². The molecule has 0 fully saturated rings. The third kappa shape index (κ3) is 4.03. The summed E-state index contributed by atoms with van der Waals surface area (Å²) < 4.78 is 6.39. The summed E-state index contributed by atoms with van der Waals surface area (Å²) in [5.41, 5.74) is 9.24. The predicted molar refractivity (Wildman–Crippen MR) is 200 cm³/mol. The number of furan rings is 1. The van der Waals surface area contributed by atoms with Crippen molar-refractivity contribution in [1.29, 1.82) is 0 Å². The van der Waals surface area contributed by atoms with E-state index in [1.165, 1.54) is 76.5 Å². The Morgan fingerprint density at radius 2 is 0.830 bits per heavy atom. The normalized spacial score (nSPS) is 11.8. The zero-order chi connectivity index (χ0) is 30.9. The minimum Gasteiger partial charge on any atom is -0.456 e. The summed E-state index contributed by atoms with van der Waals surface area (Å²) >= 11 is 0. The molecule has 0 spiro atoms. The summed E-state index contributed by atoms with van der Waals surface area (Å²) in [6.45, 7) is 0. The van der Waals surface area contributed by atoms with E-state index in [1.54, 1.807) is 0 Å². The van der Waals surface area contributed by atoms with Crippen molar-refractivity contribution in [2.75, 3.05) is 0 Å². The van der Waals surface area contributed by atoms with Gasteiger partial charge in [0.05, 0.1) is 0 Å². The Hall–Kier alpha value is -6.18. The molecule has 1 aromatic heterocycles. The molecule has 0 atom stereocenters. The lowest BCUT2D eigenvalue weighted by Crippen LogP contribution is -1.92. The Balaban J connectivity index is 1.29. The van der Waals surface area contributed by atoms with Crippen molar-refractivity contribution in [2.45, 2.75) is 0 Å². The largest absolute Gasteiger partial charge is 0.456 e. The van der Waals surface area contributed by atoms with Crippen LogP contribution in [0.2, 0.25) is 0 Å².